The number of aromatic hydroxyl groups is 1. The van der Waals surface area contributed by atoms with Crippen molar-refractivity contribution < 1.29 is 34.3 Å². The lowest BCUT2D eigenvalue weighted by molar-refractivity contribution is -0.170. The largest absolute Gasteiger partial charge is 0.506 e. The van der Waals surface area contributed by atoms with Gasteiger partial charge in [0.2, 0.25) is 11.2 Å². The van der Waals surface area contributed by atoms with Crippen LogP contribution in [0.1, 0.15) is 79.2 Å². The summed E-state index contributed by atoms with van der Waals surface area (Å²) >= 11 is 2.86. The van der Waals surface area contributed by atoms with E-state index in [1.165, 1.54) is 34.8 Å². The first-order valence-electron chi connectivity index (χ1n) is 17.3. The number of thiophene rings is 2. The number of phenols is 1. The van der Waals surface area contributed by atoms with Crippen LogP contribution in [0.5, 0.6) is 5.75 Å². The first-order valence-corrected chi connectivity index (χ1v) is 19.1. The molecule has 0 saturated heterocycles. The highest BCUT2D eigenvalue weighted by Crippen LogP contribution is 2.42. The van der Waals surface area contributed by atoms with Crippen LogP contribution in [0, 0.1) is 0 Å². The molecule has 1 aliphatic carbocycles. The summed E-state index contributed by atoms with van der Waals surface area (Å²) < 4.78 is 12.4. The third kappa shape index (κ3) is 9.99. The van der Waals surface area contributed by atoms with E-state index in [2.05, 4.69) is 22.2 Å². The van der Waals surface area contributed by atoms with E-state index < -0.39 is 17.7 Å². The second-order valence-electron chi connectivity index (χ2n) is 12.9. The van der Waals surface area contributed by atoms with E-state index in [0.717, 1.165) is 84.1 Å². The lowest BCUT2D eigenvalue weighted by Crippen LogP contribution is -2.44. The summed E-state index contributed by atoms with van der Waals surface area (Å²) in [5.74, 6) is -0.968. The van der Waals surface area contributed by atoms with E-state index in [0.29, 0.717) is 38.8 Å². The van der Waals surface area contributed by atoms with Crippen LogP contribution >= 0.6 is 22.7 Å². The van der Waals surface area contributed by atoms with Gasteiger partial charge in [0, 0.05) is 43.8 Å². The number of rotatable bonds is 20. The number of halogens is 1. The second-order valence-corrected chi connectivity index (χ2v) is 14.8. The number of aromatic nitrogens is 1. The molecule has 1 atom stereocenters. The Kier molecular flexibility index (Phi) is 15.4. The Morgan fingerprint density at radius 3 is 2.32 bits per heavy atom. The fraction of sp³-hybridized carbons (Fsp3) is 0.514. The number of unbranched alkanes of at least 4 members (excludes halogenated alkanes) is 3. The zero-order valence-corrected chi connectivity index (χ0v) is 30.2. The van der Waals surface area contributed by atoms with Crippen LogP contribution in [0.2, 0.25) is 0 Å². The summed E-state index contributed by atoms with van der Waals surface area (Å²) in [5.41, 5.74) is -0.731. The Hall–Kier alpha value is -3.17. The monoisotopic (exact) mass is 731 g/mol. The first-order chi connectivity index (χ1) is 23.8. The highest BCUT2D eigenvalue weighted by Gasteiger charge is 2.48. The number of aliphatic hydroxyl groups is 1. The molecule has 0 radical (unpaired) electrons. The third-order valence-electron chi connectivity index (χ3n) is 9.44. The molecule has 0 aliphatic heterocycles. The lowest BCUT2D eigenvalue weighted by atomic mass is 9.90. The predicted molar refractivity (Wildman–Crippen MR) is 197 cm³/mol. The van der Waals surface area contributed by atoms with Gasteiger partial charge in [-0.3, -0.25) is 9.50 Å². The highest BCUT2D eigenvalue weighted by atomic mass is 32.1. The van der Waals surface area contributed by atoms with Crippen LogP contribution in [-0.4, -0.2) is 83.2 Å². The van der Waals surface area contributed by atoms with E-state index in [1.807, 2.05) is 35.0 Å². The Balaban J connectivity index is 0.00000562. The van der Waals surface area contributed by atoms with E-state index in [-0.39, 0.29) is 22.1 Å². The number of carbonyl (C=O) groups is 1. The standard InChI is InChI=1S/C37H49N3O7S2.FH/c1-40(26-11-13-27(14-12-26)47-37(36(44)45,32-9-6-23-48-32)33-10-7-24-49-33)20-8-22-46-21-5-3-2-4-19-38-25-31(42)28-15-17-30(41)35-29(28)16-18-34(43)39-35;/h6-7,9-10,15-18,23-24,26-27,31,38,41-42H,2-5,8,11-14,19-22,25H2,1H3,(H,39,43)(H,44,45);1H/t26?,27?,31-;/m0./s1. The molecule has 5 rings (SSSR count). The van der Waals surface area contributed by atoms with Gasteiger partial charge in [-0.15, -0.1) is 22.7 Å². The Morgan fingerprint density at radius 1 is 0.980 bits per heavy atom. The minimum absolute atomic E-state index is 0. The maximum Gasteiger partial charge on any atom is 0.347 e. The summed E-state index contributed by atoms with van der Waals surface area (Å²) in [7, 11) is 2.17. The number of fused-ring (bicyclic) bond motifs is 1. The van der Waals surface area contributed by atoms with Gasteiger partial charge in [0.05, 0.1) is 27.5 Å². The molecule has 1 aromatic carbocycles. The molecule has 10 nitrogen and oxygen atoms in total. The van der Waals surface area contributed by atoms with Crippen molar-refractivity contribution >= 4 is 39.5 Å². The Bertz CT molecular complexity index is 1610. The molecule has 0 bridgehead atoms. The van der Waals surface area contributed by atoms with E-state index >= 15 is 0 Å². The summed E-state index contributed by atoms with van der Waals surface area (Å²) in [4.78, 5) is 30.8. The number of aliphatic carboxylic acids is 1. The minimum Gasteiger partial charge on any atom is -0.506 e. The van der Waals surface area contributed by atoms with Crippen LogP contribution in [0.25, 0.3) is 10.9 Å². The normalized spacial score (nSPS) is 17.2. The maximum atomic E-state index is 12.7. The van der Waals surface area contributed by atoms with Crippen molar-refractivity contribution in [2.45, 2.75) is 81.6 Å². The SMILES string of the molecule is CN(CCCOCCCCCCNC[C@H](O)c1ccc(O)c2[nH]c(=O)ccc12)C1CCC(OC(C(=O)O)(c2cccs2)c2cccs2)CC1.F. The number of aliphatic hydroxyl groups excluding tert-OH is 1. The Labute approximate surface area is 300 Å². The number of ether oxygens (including phenoxy) is 2. The van der Waals surface area contributed by atoms with Crippen LogP contribution in [-0.2, 0) is 19.9 Å². The molecule has 5 N–H and O–H groups in total. The van der Waals surface area contributed by atoms with Gasteiger partial charge in [0.1, 0.15) is 5.75 Å². The van der Waals surface area contributed by atoms with Gasteiger partial charge in [-0.2, -0.15) is 0 Å². The molecule has 1 fully saturated rings. The molecule has 0 amide bonds. The molecule has 274 valence electrons. The summed E-state index contributed by atoms with van der Waals surface area (Å²) in [6, 6.07) is 14.2. The Morgan fingerprint density at radius 2 is 1.66 bits per heavy atom. The van der Waals surface area contributed by atoms with Gasteiger partial charge in [-0.1, -0.05) is 31.0 Å². The summed E-state index contributed by atoms with van der Waals surface area (Å²) in [5, 5.41) is 38.9. The number of phenolic OH excluding ortho intramolecular Hbond substituents is 1. The van der Waals surface area contributed by atoms with Crippen LogP contribution in [0.3, 0.4) is 0 Å². The summed E-state index contributed by atoms with van der Waals surface area (Å²) in [6.07, 6.45) is 7.98. The number of benzene rings is 1. The van der Waals surface area contributed by atoms with Crippen molar-refractivity contribution in [1.29, 1.82) is 0 Å². The number of nitrogens with zero attached hydrogens (tertiary/aromatic N) is 1. The molecule has 13 heteroatoms. The summed E-state index contributed by atoms with van der Waals surface area (Å²) in [6.45, 7) is 3.66. The van der Waals surface area contributed by atoms with Gasteiger partial charge >= 0.3 is 5.97 Å². The number of carboxylic acids is 1. The smallest absolute Gasteiger partial charge is 0.347 e. The molecule has 1 aliphatic rings. The molecular formula is C37H50FN3O7S2. The van der Waals surface area contributed by atoms with Crippen molar-refractivity contribution in [2.75, 3.05) is 39.9 Å². The fourth-order valence-corrected chi connectivity index (χ4v) is 8.53. The molecule has 0 unspecified atom stereocenters. The first kappa shape index (κ1) is 39.6. The number of H-pyrrole nitrogens is 1. The van der Waals surface area contributed by atoms with Crippen molar-refractivity contribution in [3.8, 4) is 5.75 Å². The van der Waals surface area contributed by atoms with Crippen LogP contribution in [0.4, 0.5) is 4.70 Å². The van der Waals surface area contributed by atoms with Gasteiger partial charge in [-0.25, -0.2) is 4.79 Å². The third-order valence-corrected chi connectivity index (χ3v) is 11.4. The average molecular weight is 732 g/mol. The van der Waals surface area contributed by atoms with E-state index in [4.69, 9.17) is 9.47 Å². The fourth-order valence-electron chi connectivity index (χ4n) is 6.72. The molecule has 1 saturated carbocycles. The molecule has 3 heterocycles. The molecule has 50 heavy (non-hydrogen) atoms. The molecule has 0 spiro atoms. The average Bonchev–Trinajstić information content (AvgIpc) is 3.84. The number of aromatic amines is 1. The van der Waals surface area contributed by atoms with Crippen molar-refractivity contribution in [2.24, 2.45) is 0 Å². The number of pyridine rings is 1. The number of nitrogens with one attached hydrogen (secondary N) is 2. The zero-order valence-electron chi connectivity index (χ0n) is 28.6. The minimum atomic E-state index is -1.44. The maximum absolute atomic E-state index is 12.7. The number of carboxylic acid groups (broad SMARTS) is 1. The number of hydrogen-bond donors (Lipinski definition) is 5. The van der Waals surface area contributed by atoms with Gasteiger partial charge in [0.15, 0.2) is 0 Å². The van der Waals surface area contributed by atoms with Crippen molar-refractivity contribution in [1.82, 2.24) is 15.2 Å². The van der Waals surface area contributed by atoms with Crippen molar-refractivity contribution in [3.63, 3.8) is 0 Å². The highest BCUT2D eigenvalue weighted by molar-refractivity contribution is 7.12. The quantitative estimate of drug-likeness (QED) is 0.0654. The van der Waals surface area contributed by atoms with Crippen LogP contribution < -0.4 is 10.9 Å². The van der Waals surface area contributed by atoms with Gasteiger partial charge in [0.25, 0.3) is 0 Å². The van der Waals surface area contributed by atoms with Gasteiger partial charge in [-0.05, 0) is 99.1 Å². The van der Waals surface area contributed by atoms with E-state index in [9.17, 15) is 24.9 Å². The topological polar surface area (TPSA) is 144 Å². The van der Waals surface area contributed by atoms with Crippen LogP contribution in [0.15, 0.2) is 64.1 Å². The molecular weight excluding hydrogens is 682 g/mol. The van der Waals surface area contributed by atoms with Crippen molar-refractivity contribution in [3.05, 3.63) is 85.0 Å². The lowest BCUT2D eigenvalue weighted by Gasteiger charge is -2.38. The second kappa shape index (κ2) is 19.4. The number of hydrogen-bond acceptors (Lipinski definition) is 10. The van der Waals surface area contributed by atoms with E-state index in [1.54, 1.807) is 12.1 Å². The molecule has 4 aromatic rings. The molecule has 3 aromatic heterocycles. The zero-order chi connectivity index (χ0) is 34.6. The van der Waals surface area contributed by atoms with Gasteiger partial charge < -0.3 is 40.0 Å². The predicted octanol–water partition coefficient (Wildman–Crippen LogP) is 6.39.